The molecule has 94 valence electrons. The zero-order valence-electron chi connectivity index (χ0n) is 11.1. The van der Waals surface area contributed by atoms with E-state index in [2.05, 4.69) is 43.2 Å². The van der Waals surface area contributed by atoms with Crippen LogP contribution in [-0.4, -0.2) is 16.2 Å². The summed E-state index contributed by atoms with van der Waals surface area (Å²) in [5, 5.41) is 11.7. The first kappa shape index (κ1) is 11.2. The van der Waals surface area contributed by atoms with Crippen LogP contribution in [0.3, 0.4) is 0 Å². The van der Waals surface area contributed by atoms with Crippen LogP contribution in [0.1, 0.15) is 58.2 Å². The smallest absolute Gasteiger partial charge is 0.230 e. The highest BCUT2D eigenvalue weighted by molar-refractivity contribution is 5.24. The molecule has 0 aliphatic heterocycles. The molecule has 0 bridgehead atoms. The van der Waals surface area contributed by atoms with Gasteiger partial charge in [0.25, 0.3) is 0 Å². The molecule has 0 spiro atoms. The van der Waals surface area contributed by atoms with Crippen LogP contribution in [-0.2, 0) is 6.54 Å². The molecule has 0 unspecified atom stereocenters. The Kier molecular flexibility index (Phi) is 2.18. The fourth-order valence-corrected chi connectivity index (χ4v) is 2.79. The van der Waals surface area contributed by atoms with Gasteiger partial charge in [0.2, 0.25) is 11.8 Å². The minimum absolute atomic E-state index is 0.265. The molecule has 3 rings (SSSR count). The van der Waals surface area contributed by atoms with E-state index in [4.69, 9.17) is 4.42 Å². The van der Waals surface area contributed by atoms with E-state index in [1.165, 1.54) is 12.8 Å². The van der Waals surface area contributed by atoms with Crippen LogP contribution < -0.4 is 5.32 Å². The average molecular weight is 235 g/mol. The van der Waals surface area contributed by atoms with Crippen molar-refractivity contribution in [3.63, 3.8) is 0 Å². The largest absolute Gasteiger partial charge is 0.424 e. The van der Waals surface area contributed by atoms with Gasteiger partial charge in [0.15, 0.2) is 0 Å². The van der Waals surface area contributed by atoms with E-state index in [1.807, 2.05) is 0 Å². The first-order valence-corrected chi connectivity index (χ1v) is 6.48. The van der Waals surface area contributed by atoms with Gasteiger partial charge >= 0.3 is 0 Å². The minimum atomic E-state index is 0.265. The van der Waals surface area contributed by atoms with Crippen molar-refractivity contribution in [1.29, 1.82) is 0 Å². The standard InChI is InChI=1S/C13H21N3O/c1-12(2)10(13(12,3)4)11-16-15-9(17-11)7-14-8-5-6-8/h8,10,14H,5-7H2,1-4H3. The molecule has 1 aromatic rings. The molecule has 1 N–H and O–H groups in total. The molecule has 4 heteroatoms. The molecule has 0 saturated heterocycles. The number of aromatic nitrogens is 2. The van der Waals surface area contributed by atoms with Gasteiger partial charge in [-0.2, -0.15) is 0 Å². The second kappa shape index (κ2) is 3.31. The molecule has 0 atom stereocenters. The van der Waals surface area contributed by atoms with Gasteiger partial charge in [-0.05, 0) is 23.7 Å². The summed E-state index contributed by atoms with van der Waals surface area (Å²) in [6, 6.07) is 0.680. The molecule has 2 fully saturated rings. The summed E-state index contributed by atoms with van der Waals surface area (Å²) in [5.41, 5.74) is 0.529. The van der Waals surface area contributed by atoms with E-state index < -0.39 is 0 Å². The summed E-state index contributed by atoms with van der Waals surface area (Å²) in [5.74, 6) is 1.94. The van der Waals surface area contributed by atoms with E-state index >= 15 is 0 Å². The van der Waals surface area contributed by atoms with Crippen LogP contribution in [0.25, 0.3) is 0 Å². The van der Waals surface area contributed by atoms with Crippen molar-refractivity contribution in [2.45, 2.75) is 59.0 Å². The lowest BCUT2D eigenvalue weighted by atomic mass is 10.0. The fourth-order valence-electron chi connectivity index (χ4n) is 2.79. The van der Waals surface area contributed by atoms with E-state index in [0.29, 0.717) is 18.5 Å². The van der Waals surface area contributed by atoms with Crippen LogP contribution >= 0.6 is 0 Å². The zero-order chi connectivity index (χ0) is 12.3. The summed E-state index contributed by atoms with van der Waals surface area (Å²) in [6.45, 7) is 9.78. The quantitative estimate of drug-likeness (QED) is 0.871. The maximum atomic E-state index is 5.77. The Bertz CT molecular complexity index is 418. The SMILES string of the molecule is CC1(C)C(c2nnc(CNC3CC3)o2)C1(C)C. The molecule has 2 aliphatic rings. The molecule has 0 radical (unpaired) electrons. The van der Waals surface area contributed by atoms with Crippen molar-refractivity contribution in [1.82, 2.24) is 15.5 Å². The minimum Gasteiger partial charge on any atom is -0.424 e. The van der Waals surface area contributed by atoms with Gasteiger partial charge in [0.1, 0.15) is 0 Å². The lowest BCUT2D eigenvalue weighted by Crippen LogP contribution is -2.15. The van der Waals surface area contributed by atoms with Gasteiger partial charge in [0, 0.05) is 12.0 Å². The molecule has 2 aliphatic carbocycles. The monoisotopic (exact) mass is 235 g/mol. The normalized spacial score (nSPS) is 26.1. The highest BCUT2D eigenvalue weighted by Crippen LogP contribution is 2.73. The molecule has 4 nitrogen and oxygen atoms in total. The Morgan fingerprint density at radius 2 is 1.82 bits per heavy atom. The summed E-state index contributed by atoms with van der Waals surface area (Å²) < 4.78 is 5.77. The first-order chi connectivity index (χ1) is 7.93. The zero-order valence-corrected chi connectivity index (χ0v) is 11.1. The van der Waals surface area contributed by atoms with E-state index in [1.54, 1.807) is 0 Å². The molecule has 17 heavy (non-hydrogen) atoms. The van der Waals surface area contributed by atoms with Gasteiger partial charge in [-0.25, -0.2) is 0 Å². The second-order valence-electron chi connectivity index (χ2n) is 6.57. The maximum absolute atomic E-state index is 5.77. The first-order valence-electron chi connectivity index (χ1n) is 6.48. The van der Waals surface area contributed by atoms with Crippen molar-refractivity contribution < 1.29 is 4.42 Å². The summed E-state index contributed by atoms with van der Waals surface area (Å²) in [4.78, 5) is 0. The Labute approximate surface area is 102 Å². The third-order valence-electron chi connectivity index (χ3n) is 4.87. The van der Waals surface area contributed by atoms with Crippen molar-refractivity contribution in [3.8, 4) is 0 Å². The van der Waals surface area contributed by atoms with Gasteiger partial charge in [-0.3, -0.25) is 0 Å². The summed E-state index contributed by atoms with van der Waals surface area (Å²) >= 11 is 0. The summed E-state index contributed by atoms with van der Waals surface area (Å²) in [6.07, 6.45) is 2.56. The lowest BCUT2D eigenvalue weighted by molar-refractivity contribution is 0.416. The number of rotatable bonds is 4. The fraction of sp³-hybridized carbons (Fsp3) is 0.846. The van der Waals surface area contributed by atoms with Crippen LogP contribution in [0.4, 0.5) is 0 Å². The molecule has 2 saturated carbocycles. The van der Waals surface area contributed by atoms with Crippen molar-refractivity contribution in [2.75, 3.05) is 0 Å². The number of nitrogens with zero attached hydrogens (tertiary/aromatic N) is 2. The van der Waals surface area contributed by atoms with Gasteiger partial charge < -0.3 is 9.73 Å². The number of hydrogen-bond acceptors (Lipinski definition) is 4. The lowest BCUT2D eigenvalue weighted by Gasteiger charge is -2.03. The van der Waals surface area contributed by atoms with Crippen LogP contribution in [0.2, 0.25) is 0 Å². The van der Waals surface area contributed by atoms with E-state index in [9.17, 15) is 0 Å². The Hall–Kier alpha value is -0.900. The summed E-state index contributed by atoms with van der Waals surface area (Å²) in [7, 11) is 0. The number of hydrogen-bond donors (Lipinski definition) is 1. The van der Waals surface area contributed by atoms with Crippen LogP contribution in [0.5, 0.6) is 0 Å². The molecule has 1 heterocycles. The van der Waals surface area contributed by atoms with Gasteiger partial charge in [-0.1, -0.05) is 27.7 Å². The van der Waals surface area contributed by atoms with Crippen LogP contribution in [0, 0.1) is 10.8 Å². The highest BCUT2D eigenvalue weighted by Gasteiger charge is 2.67. The predicted octanol–water partition coefficient (Wildman–Crippen LogP) is 2.47. The average Bonchev–Trinajstić information content (AvgIpc) is 3.05. The van der Waals surface area contributed by atoms with Crippen molar-refractivity contribution in [2.24, 2.45) is 10.8 Å². The molecule has 0 aromatic carbocycles. The second-order valence-corrected chi connectivity index (χ2v) is 6.57. The molecule has 0 amide bonds. The predicted molar refractivity (Wildman–Crippen MR) is 64.5 cm³/mol. The topological polar surface area (TPSA) is 51.0 Å². The van der Waals surface area contributed by atoms with E-state index in [-0.39, 0.29) is 10.8 Å². The Morgan fingerprint density at radius 3 is 2.35 bits per heavy atom. The van der Waals surface area contributed by atoms with Gasteiger partial charge in [-0.15, -0.1) is 10.2 Å². The third kappa shape index (κ3) is 1.69. The van der Waals surface area contributed by atoms with Crippen molar-refractivity contribution >= 4 is 0 Å². The molecular formula is C13H21N3O. The third-order valence-corrected chi connectivity index (χ3v) is 4.87. The number of nitrogens with one attached hydrogen (secondary N) is 1. The van der Waals surface area contributed by atoms with Gasteiger partial charge in [0.05, 0.1) is 6.54 Å². The molecular weight excluding hydrogens is 214 g/mol. The van der Waals surface area contributed by atoms with E-state index in [0.717, 1.165) is 11.8 Å². The Morgan fingerprint density at radius 1 is 1.18 bits per heavy atom. The maximum Gasteiger partial charge on any atom is 0.230 e. The highest BCUT2D eigenvalue weighted by atomic mass is 16.4. The van der Waals surface area contributed by atoms with Crippen molar-refractivity contribution in [3.05, 3.63) is 11.8 Å². The molecule has 1 aromatic heterocycles. The van der Waals surface area contributed by atoms with Crippen LogP contribution in [0.15, 0.2) is 4.42 Å². The Balaban J connectivity index is 1.68.